The summed E-state index contributed by atoms with van der Waals surface area (Å²) in [4.78, 5) is 25.1. The lowest BCUT2D eigenvalue weighted by atomic mass is 9.92. The summed E-state index contributed by atoms with van der Waals surface area (Å²) in [7, 11) is 0. The maximum Gasteiger partial charge on any atom is 0.311 e. The topological polar surface area (TPSA) is 79.5 Å². The Morgan fingerprint density at radius 2 is 1.86 bits per heavy atom. The third kappa shape index (κ3) is 3.42. The van der Waals surface area contributed by atoms with Gasteiger partial charge in [-0.1, -0.05) is 29.3 Å². The molecule has 1 aromatic heterocycles. The quantitative estimate of drug-likeness (QED) is 0.562. The molecule has 0 fully saturated rings. The molecule has 0 saturated carbocycles. The molecule has 0 saturated heterocycles. The zero-order chi connectivity index (χ0) is 20.6. The first-order chi connectivity index (χ1) is 13.3. The first-order valence-electron chi connectivity index (χ1n) is 8.82. The predicted octanol–water partition coefficient (Wildman–Crippen LogP) is 5.21. The first-order valence-corrected chi connectivity index (χ1v) is 9.62. The fourth-order valence-electron chi connectivity index (χ4n) is 3.55. The Morgan fingerprint density at radius 1 is 1.21 bits per heavy atom. The van der Waals surface area contributed by atoms with Crippen LogP contribution < -0.4 is 0 Å². The summed E-state index contributed by atoms with van der Waals surface area (Å²) in [6, 6.07) is 8.98. The maximum atomic E-state index is 14.1. The number of aromatic nitrogens is 1. The summed E-state index contributed by atoms with van der Waals surface area (Å²) in [6.45, 7) is 3.52. The standard InChI is InChI=1S/C21H19BrFNO4/c1-3-4-14(21(27)28)19-11(2)24(17-10-16(23)18(25)9-15(17)19)20(26)12-5-7-13(22)8-6-12/h5-10,14,25H,3-4H2,1-2H3,(H,27,28). The van der Waals surface area contributed by atoms with E-state index in [1.54, 1.807) is 31.2 Å². The third-order valence-electron chi connectivity index (χ3n) is 4.84. The van der Waals surface area contributed by atoms with Crippen molar-refractivity contribution in [3.63, 3.8) is 0 Å². The van der Waals surface area contributed by atoms with Gasteiger partial charge in [-0.05, 0) is 49.2 Å². The number of carboxylic acids is 1. The van der Waals surface area contributed by atoms with Crippen molar-refractivity contribution in [3.05, 3.63) is 63.5 Å². The van der Waals surface area contributed by atoms with Crippen LogP contribution in [0.5, 0.6) is 5.75 Å². The molecule has 0 aliphatic rings. The highest BCUT2D eigenvalue weighted by Crippen LogP contribution is 2.37. The van der Waals surface area contributed by atoms with Gasteiger partial charge in [0.15, 0.2) is 11.6 Å². The van der Waals surface area contributed by atoms with E-state index in [0.29, 0.717) is 35.0 Å². The largest absolute Gasteiger partial charge is 0.505 e. The number of benzene rings is 2. The van der Waals surface area contributed by atoms with E-state index in [2.05, 4.69) is 15.9 Å². The summed E-state index contributed by atoms with van der Waals surface area (Å²) < 4.78 is 16.2. The number of fused-ring (bicyclic) bond motifs is 1. The van der Waals surface area contributed by atoms with E-state index >= 15 is 0 Å². The van der Waals surface area contributed by atoms with Crippen molar-refractivity contribution >= 4 is 38.7 Å². The lowest BCUT2D eigenvalue weighted by molar-refractivity contribution is -0.139. The second-order valence-corrected chi connectivity index (χ2v) is 7.56. The molecule has 3 rings (SSSR count). The van der Waals surface area contributed by atoms with Crippen LogP contribution in [0.15, 0.2) is 40.9 Å². The summed E-state index contributed by atoms with van der Waals surface area (Å²) in [5.74, 6) is -3.74. The molecule has 146 valence electrons. The second-order valence-electron chi connectivity index (χ2n) is 6.65. The highest BCUT2D eigenvalue weighted by molar-refractivity contribution is 9.10. The van der Waals surface area contributed by atoms with E-state index in [0.717, 1.165) is 10.5 Å². The third-order valence-corrected chi connectivity index (χ3v) is 5.37. The van der Waals surface area contributed by atoms with Gasteiger partial charge in [0.25, 0.3) is 5.91 Å². The Hall–Kier alpha value is -2.67. The van der Waals surface area contributed by atoms with E-state index < -0.39 is 29.4 Å². The molecule has 5 nitrogen and oxygen atoms in total. The Bertz CT molecular complexity index is 1070. The lowest BCUT2D eigenvalue weighted by Crippen LogP contribution is -2.16. The number of nitrogens with zero attached hydrogens (tertiary/aromatic N) is 1. The van der Waals surface area contributed by atoms with Crippen molar-refractivity contribution < 1.29 is 24.2 Å². The minimum Gasteiger partial charge on any atom is -0.505 e. The van der Waals surface area contributed by atoms with Crippen LogP contribution in [0, 0.1) is 12.7 Å². The molecule has 0 spiro atoms. The van der Waals surface area contributed by atoms with Crippen LogP contribution in [0.25, 0.3) is 10.9 Å². The van der Waals surface area contributed by atoms with Crippen molar-refractivity contribution in [1.82, 2.24) is 4.57 Å². The zero-order valence-corrected chi connectivity index (χ0v) is 17.0. The highest BCUT2D eigenvalue weighted by atomic mass is 79.9. The molecule has 2 aromatic carbocycles. The molecular formula is C21H19BrFNO4. The van der Waals surface area contributed by atoms with Gasteiger partial charge in [-0.15, -0.1) is 0 Å². The van der Waals surface area contributed by atoms with E-state index in [-0.39, 0.29) is 5.52 Å². The van der Waals surface area contributed by atoms with Crippen LogP contribution in [0.2, 0.25) is 0 Å². The van der Waals surface area contributed by atoms with Gasteiger partial charge in [-0.2, -0.15) is 0 Å². The van der Waals surface area contributed by atoms with Gasteiger partial charge in [-0.25, -0.2) is 4.39 Å². The van der Waals surface area contributed by atoms with Crippen molar-refractivity contribution in [2.24, 2.45) is 0 Å². The Balaban J connectivity index is 2.32. The van der Waals surface area contributed by atoms with Crippen LogP contribution in [-0.4, -0.2) is 26.7 Å². The molecule has 0 aliphatic heterocycles. The summed E-state index contributed by atoms with van der Waals surface area (Å²) in [6.07, 6.45) is 0.983. The number of carbonyl (C=O) groups excluding carboxylic acids is 1. The predicted molar refractivity (Wildman–Crippen MR) is 107 cm³/mol. The molecule has 28 heavy (non-hydrogen) atoms. The van der Waals surface area contributed by atoms with Crippen LogP contribution in [-0.2, 0) is 4.79 Å². The monoisotopic (exact) mass is 447 g/mol. The first kappa shape index (κ1) is 20.1. The normalized spacial score (nSPS) is 12.3. The zero-order valence-electron chi connectivity index (χ0n) is 15.4. The van der Waals surface area contributed by atoms with Gasteiger partial charge in [0.05, 0.1) is 11.4 Å². The summed E-state index contributed by atoms with van der Waals surface area (Å²) >= 11 is 3.32. The molecular weight excluding hydrogens is 429 g/mol. The number of halogens is 2. The molecule has 0 aliphatic carbocycles. The maximum absolute atomic E-state index is 14.1. The van der Waals surface area contributed by atoms with E-state index in [1.165, 1.54) is 10.6 Å². The number of aliphatic carboxylic acids is 1. The molecule has 0 radical (unpaired) electrons. The van der Waals surface area contributed by atoms with Gasteiger partial charge in [0.1, 0.15) is 0 Å². The highest BCUT2D eigenvalue weighted by Gasteiger charge is 2.29. The fourth-order valence-corrected chi connectivity index (χ4v) is 3.82. The number of phenols is 1. The number of aromatic hydroxyl groups is 1. The average Bonchev–Trinajstić information content (AvgIpc) is 2.91. The van der Waals surface area contributed by atoms with Crippen LogP contribution in [0.3, 0.4) is 0 Å². The fraction of sp³-hybridized carbons (Fsp3) is 0.238. The van der Waals surface area contributed by atoms with Gasteiger partial charge in [0, 0.05) is 27.2 Å². The van der Waals surface area contributed by atoms with Crippen molar-refractivity contribution in [2.45, 2.75) is 32.6 Å². The van der Waals surface area contributed by atoms with Crippen molar-refractivity contribution in [2.75, 3.05) is 0 Å². The Labute approximate surface area is 169 Å². The summed E-state index contributed by atoms with van der Waals surface area (Å²) in [5, 5.41) is 19.9. The number of rotatable bonds is 5. The number of carboxylic acid groups (broad SMARTS) is 1. The second kappa shape index (κ2) is 7.75. The van der Waals surface area contributed by atoms with Gasteiger partial charge >= 0.3 is 5.97 Å². The van der Waals surface area contributed by atoms with Gasteiger partial charge < -0.3 is 10.2 Å². The van der Waals surface area contributed by atoms with Crippen molar-refractivity contribution in [3.8, 4) is 5.75 Å². The lowest BCUT2D eigenvalue weighted by Gasteiger charge is -2.13. The smallest absolute Gasteiger partial charge is 0.311 e. The van der Waals surface area contributed by atoms with Crippen LogP contribution >= 0.6 is 15.9 Å². The van der Waals surface area contributed by atoms with Gasteiger partial charge in [-0.3, -0.25) is 14.2 Å². The van der Waals surface area contributed by atoms with E-state index in [9.17, 15) is 24.2 Å². The van der Waals surface area contributed by atoms with E-state index in [4.69, 9.17) is 0 Å². The molecule has 3 aromatic rings. The minimum atomic E-state index is -1.02. The number of hydrogen-bond acceptors (Lipinski definition) is 3. The van der Waals surface area contributed by atoms with Crippen molar-refractivity contribution in [1.29, 1.82) is 0 Å². The molecule has 7 heteroatoms. The number of phenolic OH excluding ortho intramolecular Hbond substituents is 1. The SMILES string of the molecule is CCCC(C(=O)O)c1c(C)n(C(=O)c2ccc(Br)cc2)c2cc(F)c(O)cc12. The molecule has 0 amide bonds. The Kier molecular flexibility index (Phi) is 5.56. The Morgan fingerprint density at radius 3 is 2.43 bits per heavy atom. The minimum absolute atomic E-state index is 0.234. The van der Waals surface area contributed by atoms with Crippen LogP contribution in [0.1, 0.15) is 47.3 Å². The summed E-state index contributed by atoms with van der Waals surface area (Å²) in [5.41, 5.74) is 1.46. The van der Waals surface area contributed by atoms with Crippen LogP contribution in [0.4, 0.5) is 4.39 Å². The molecule has 1 heterocycles. The molecule has 1 unspecified atom stereocenters. The number of carbonyl (C=O) groups is 2. The molecule has 1 atom stereocenters. The van der Waals surface area contributed by atoms with Gasteiger partial charge in [0.2, 0.25) is 0 Å². The molecule has 0 bridgehead atoms. The van der Waals surface area contributed by atoms with E-state index in [1.807, 2.05) is 6.92 Å². The number of hydrogen-bond donors (Lipinski definition) is 2. The molecule has 2 N–H and O–H groups in total. The average molecular weight is 448 g/mol.